The van der Waals surface area contributed by atoms with Crippen LogP contribution in [0.5, 0.6) is 0 Å². The number of carbonyl (C=O) groups excluding carboxylic acids is 7. The van der Waals surface area contributed by atoms with Crippen LogP contribution in [0.2, 0.25) is 0 Å². The Hall–Kier alpha value is -4.81. The van der Waals surface area contributed by atoms with E-state index >= 15 is 0 Å². The minimum Gasteiger partial charge on any atom is -0.394 e. The molecule has 60 heavy (non-hydrogen) atoms. The van der Waals surface area contributed by atoms with Crippen molar-refractivity contribution in [3.8, 4) is 0 Å². The molecule has 20 nitrogen and oxygen atoms in total. The molecule has 0 radical (unpaired) electrons. The van der Waals surface area contributed by atoms with Crippen molar-refractivity contribution >= 4 is 62.9 Å². The summed E-state index contributed by atoms with van der Waals surface area (Å²) >= 11 is 0. The first-order valence-corrected chi connectivity index (χ1v) is 21.2. The van der Waals surface area contributed by atoms with Gasteiger partial charge < -0.3 is 67.9 Å². The molecule has 1 aliphatic heterocycles. The molecule has 2 aromatic rings. The number of primary amides is 1. The third kappa shape index (κ3) is 15.3. The summed E-state index contributed by atoms with van der Waals surface area (Å²) in [6.45, 7) is 1.86. The highest BCUT2D eigenvalue weighted by molar-refractivity contribution is 8.76. The monoisotopic (exact) mass is 879 g/mol. The van der Waals surface area contributed by atoms with Gasteiger partial charge in [0.1, 0.15) is 54.0 Å². The molecule has 11 atom stereocenters. The highest BCUT2D eigenvalue weighted by Gasteiger charge is 2.45. The van der Waals surface area contributed by atoms with Gasteiger partial charge in [0.15, 0.2) is 0 Å². The lowest BCUT2D eigenvalue weighted by molar-refractivity contribution is -0.173. The lowest BCUT2D eigenvalue weighted by Crippen LogP contribution is -2.63. The number of carbonyl (C=O) groups is 7. The van der Waals surface area contributed by atoms with Crippen LogP contribution in [0.1, 0.15) is 31.9 Å². The Labute approximate surface area is 353 Å². The predicted molar refractivity (Wildman–Crippen MR) is 219 cm³/mol. The van der Waals surface area contributed by atoms with Crippen molar-refractivity contribution in [3.63, 3.8) is 0 Å². The van der Waals surface area contributed by atoms with Crippen molar-refractivity contribution in [2.75, 3.05) is 19.0 Å². The number of hydrogen-bond acceptors (Lipinski definition) is 15. The van der Waals surface area contributed by atoms with E-state index in [4.69, 9.17) is 10.5 Å². The molecule has 1 heterocycles. The molecule has 330 valence electrons. The van der Waals surface area contributed by atoms with Crippen LogP contribution in [-0.4, -0.2) is 152 Å². The molecule has 13 N–H and O–H groups in total. The minimum atomic E-state index is -1.76. The highest BCUT2D eigenvalue weighted by Crippen LogP contribution is 2.36. The molecule has 0 saturated carbocycles. The Balaban J connectivity index is 1.82. The number of rotatable bonds is 22. The van der Waals surface area contributed by atoms with Gasteiger partial charge in [-0.3, -0.25) is 33.6 Å². The predicted octanol–water partition coefficient (Wildman–Crippen LogP) is -3.90. The average molecular weight is 880 g/mol. The standard InChI is InChI=1S/C38H53N7O13S2/c1-19(48)29(37(57)42-24(33(39)53)14-22-10-6-4-7-11-22)45-35(55)26(16-46)43-36(56)27(44-34(54)25(40-20(2)49)15-23-12-8-5-9-13-23)18-59-60-38-30(41-21(3)50)32(52)31(51)28(17-47)58-38/h4-13,19,24-32,38,46-48,51-52H,14-18H2,1-3H3,(H2,39,53)(H,40,49)(H,41,50)(H,42,57)(H,43,56)(H,44,54)(H,45,55)/t19-,24+,25+,26+,27+,28-,29+,30-,31-,32-,38+/m1/s1. The van der Waals surface area contributed by atoms with Crippen LogP contribution in [0.15, 0.2) is 60.7 Å². The molecule has 7 amide bonds. The van der Waals surface area contributed by atoms with Gasteiger partial charge in [0.05, 0.1) is 25.4 Å². The summed E-state index contributed by atoms with van der Waals surface area (Å²) in [6.07, 6.45) is -5.87. The zero-order chi connectivity index (χ0) is 44.5. The van der Waals surface area contributed by atoms with E-state index in [9.17, 15) is 59.1 Å². The topological polar surface area (TPSA) is 328 Å². The molecule has 0 bridgehead atoms. The van der Waals surface area contributed by atoms with Crippen LogP contribution in [0.3, 0.4) is 0 Å². The number of hydrogen-bond donors (Lipinski definition) is 12. The first-order valence-electron chi connectivity index (χ1n) is 18.8. The maximum Gasteiger partial charge on any atom is 0.245 e. The Morgan fingerprint density at radius 2 is 1.22 bits per heavy atom. The molecule has 0 unspecified atom stereocenters. The van der Waals surface area contributed by atoms with Crippen LogP contribution in [0.4, 0.5) is 0 Å². The first kappa shape index (κ1) is 49.6. The van der Waals surface area contributed by atoms with Crippen molar-refractivity contribution in [2.24, 2.45) is 5.73 Å². The third-order valence-electron chi connectivity index (χ3n) is 9.08. The van der Waals surface area contributed by atoms with E-state index in [1.807, 2.05) is 0 Å². The van der Waals surface area contributed by atoms with Gasteiger partial charge in [-0.1, -0.05) is 82.3 Å². The van der Waals surface area contributed by atoms with Gasteiger partial charge in [0.2, 0.25) is 41.4 Å². The Kier molecular flexibility index (Phi) is 20.2. The largest absolute Gasteiger partial charge is 0.394 e. The molecular weight excluding hydrogens is 827 g/mol. The molecule has 2 aromatic carbocycles. The Morgan fingerprint density at radius 1 is 0.700 bits per heavy atom. The quantitative estimate of drug-likeness (QED) is 0.0503. The molecule has 1 aliphatic rings. The normalized spacial score (nSPS) is 21.7. The summed E-state index contributed by atoms with van der Waals surface area (Å²) in [5, 5.41) is 66.1. The summed E-state index contributed by atoms with van der Waals surface area (Å²) in [5.41, 5.74) is 5.75. The second kappa shape index (κ2) is 24.4. The maximum atomic E-state index is 13.9. The molecular formula is C38H53N7O13S2. The van der Waals surface area contributed by atoms with Gasteiger partial charge in [0, 0.05) is 32.4 Å². The van der Waals surface area contributed by atoms with Gasteiger partial charge in [-0.2, -0.15) is 0 Å². The van der Waals surface area contributed by atoms with E-state index in [1.165, 1.54) is 20.8 Å². The lowest BCUT2D eigenvalue weighted by atomic mass is 9.98. The summed E-state index contributed by atoms with van der Waals surface area (Å²) in [5.74, 6) is -6.26. The number of amides is 7. The van der Waals surface area contributed by atoms with E-state index in [1.54, 1.807) is 60.7 Å². The Morgan fingerprint density at radius 3 is 1.72 bits per heavy atom. The van der Waals surface area contributed by atoms with Gasteiger partial charge in [-0.05, 0) is 18.1 Å². The fourth-order valence-corrected chi connectivity index (χ4v) is 8.61. The summed E-state index contributed by atoms with van der Waals surface area (Å²) in [6, 6.07) is 8.71. The van der Waals surface area contributed by atoms with Crippen molar-refractivity contribution in [1.82, 2.24) is 31.9 Å². The lowest BCUT2D eigenvalue weighted by Gasteiger charge is -2.42. The molecule has 0 aromatic heterocycles. The van der Waals surface area contributed by atoms with Crippen molar-refractivity contribution < 1.29 is 63.8 Å². The average Bonchev–Trinajstić information content (AvgIpc) is 3.20. The number of aliphatic hydroxyl groups is 5. The molecule has 1 fully saturated rings. The Bertz CT molecular complexity index is 1760. The SMILES string of the molecule is CC(=O)N[C@@H]1[C@@H](O)[C@H](O)[C@@H](CO)O[C@H]1SSC[C@H](NC(=O)[C@H](Cc1ccccc1)NC(C)=O)C(=O)N[C@@H](CO)C(=O)N[C@H](C(=O)N[C@@H](Cc1ccccc1)C(N)=O)[C@@H](C)O. The van der Waals surface area contributed by atoms with Crippen molar-refractivity contribution in [3.05, 3.63) is 71.8 Å². The van der Waals surface area contributed by atoms with Gasteiger partial charge >= 0.3 is 0 Å². The fraction of sp³-hybridized carbons (Fsp3) is 0.500. The van der Waals surface area contributed by atoms with Crippen LogP contribution in [0, 0.1) is 0 Å². The molecule has 3 rings (SSSR count). The molecule has 1 saturated heterocycles. The molecule has 0 spiro atoms. The minimum absolute atomic E-state index is 0.000574. The number of nitrogens with two attached hydrogens (primary N) is 1. The highest BCUT2D eigenvalue weighted by atomic mass is 33.1. The van der Waals surface area contributed by atoms with Crippen molar-refractivity contribution in [2.45, 2.75) is 99.7 Å². The third-order valence-corrected chi connectivity index (χ3v) is 11.7. The van der Waals surface area contributed by atoms with Crippen LogP contribution in [0.25, 0.3) is 0 Å². The maximum absolute atomic E-state index is 13.9. The molecule has 0 aliphatic carbocycles. The molecule has 22 heteroatoms. The van der Waals surface area contributed by atoms with E-state index < -0.39 is 121 Å². The number of ether oxygens (including phenoxy) is 1. The van der Waals surface area contributed by atoms with Gasteiger partial charge in [-0.15, -0.1) is 0 Å². The van der Waals surface area contributed by atoms with Crippen molar-refractivity contribution in [1.29, 1.82) is 0 Å². The summed E-state index contributed by atoms with van der Waals surface area (Å²) in [4.78, 5) is 90.6. The summed E-state index contributed by atoms with van der Waals surface area (Å²) in [7, 11) is 1.78. The van der Waals surface area contributed by atoms with Gasteiger partial charge in [0.25, 0.3) is 0 Å². The zero-order valence-corrected chi connectivity index (χ0v) is 34.7. The van der Waals surface area contributed by atoms with Crippen LogP contribution in [-0.2, 0) is 51.1 Å². The smallest absolute Gasteiger partial charge is 0.245 e. The second-order valence-electron chi connectivity index (χ2n) is 13.9. The second-order valence-corrected chi connectivity index (χ2v) is 16.5. The van der Waals surface area contributed by atoms with E-state index in [0.717, 1.165) is 21.6 Å². The van der Waals surface area contributed by atoms with Crippen LogP contribution < -0.4 is 37.6 Å². The van der Waals surface area contributed by atoms with Gasteiger partial charge in [-0.25, -0.2) is 0 Å². The number of nitrogens with one attached hydrogen (secondary N) is 6. The summed E-state index contributed by atoms with van der Waals surface area (Å²) < 4.78 is 5.73. The van der Waals surface area contributed by atoms with E-state index in [-0.39, 0.29) is 18.6 Å². The van der Waals surface area contributed by atoms with E-state index in [0.29, 0.717) is 11.1 Å². The zero-order valence-electron chi connectivity index (χ0n) is 33.1. The first-order chi connectivity index (χ1) is 28.4. The van der Waals surface area contributed by atoms with E-state index in [2.05, 4.69) is 31.9 Å². The fourth-order valence-electron chi connectivity index (χ4n) is 5.95. The number of benzene rings is 2. The van der Waals surface area contributed by atoms with Crippen LogP contribution >= 0.6 is 21.6 Å². The number of aliphatic hydroxyl groups excluding tert-OH is 5.